The maximum Gasteiger partial charge on any atom is 0.339 e. The second-order valence-electron chi connectivity index (χ2n) is 7.22. The topological polar surface area (TPSA) is 59.0 Å². The summed E-state index contributed by atoms with van der Waals surface area (Å²) < 4.78 is 5.51. The van der Waals surface area contributed by atoms with Crippen molar-refractivity contribution in [1.29, 1.82) is 0 Å². The van der Waals surface area contributed by atoms with E-state index in [-0.39, 0.29) is 18.4 Å². The first-order valence-corrected chi connectivity index (χ1v) is 8.50. The second-order valence-corrected chi connectivity index (χ2v) is 7.22. The minimum absolute atomic E-state index is 0.0145. The first-order chi connectivity index (χ1) is 12.3. The van der Waals surface area contributed by atoms with Gasteiger partial charge in [0.1, 0.15) is 18.0 Å². The fourth-order valence-corrected chi connectivity index (χ4v) is 2.80. The Morgan fingerprint density at radius 2 is 1.65 bits per heavy atom. The minimum atomic E-state index is -0.550. The molecule has 1 amide bonds. The number of aliphatic imine (C=N–C) groups is 1. The van der Waals surface area contributed by atoms with E-state index in [1.165, 1.54) is 0 Å². The normalized spacial score (nSPS) is 14.4. The van der Waals surface area contributed by atoms with Gasteiger partial charge in [0.25, 0.3) is 0 Å². The summed E-state index contributed by atoms with van der Waals surface area (Å²) >= 11 is 0. The van der Waals surface area contributed by atoms with Crippen LogP contribution < -0.4 is 0 Å². The summed E-state index contributed by atoms with van der Waals surface area (Å²) in [6.07, 6.45) is 0. The van der Waals surface area contributed by atoms with Crippen LogP contribution in [0.1, 0.15) is 36.7 Å². The number of nitrogens with zero attached hydrogens (tertiary/aromatic N) is 2. The SMILES string of the molecule is CN1C(=O)CN=C1c1ccc(-c2ccccc2C(=O)OC(C)(C)C)cc1. The lowest BCUT2D eigenvalue weighted by atomic mass is 9.98. The maximum atomic E-state index is 12.5. The van der Waals surface area contributed by atoms with Crippen molar-refractivity contribution in [1.82, 2.24) is 4.90 Å². The number of likely N-dealkylation sites (N-methyl/N-ethyl adjacent to an activating group) is 1. The molecule has 1 heterocycles. The van der Waals surface area contributed by atoms with Gasteiger partial charge >= 0.3 is 5.97 Å². The number of hydrogen-bond acceptors (Lipinski definition) is 4. The first-order valence-electron chi connectivity index (χ1n) is 8.50. The summed E-state index contributed by atoms with van der Waals surface area (Å²) in [6, 6.07) is 15.1. The maximum absolute atomic E-state index is 12.5. The fourth-order valence-electron chi connectivity index (χ4n) is 2.80. The van der Waals surface area contributed by atoms with E-state index in [1.54, 1.807) is 18.0 Å². The van der Waals surface area contributed by atoms with Gasteiger partial charge in [0.05, 0.1) is 5.56 Å². The van der Waals surface area contributed by atoms with E-state index in [1.807, 2.05) is 63.2 Å². The highest BCUT2D eigenvalue weighted by molar-refractivity contribution is 6.12. The number of rotatable bonds is 3. The van der Waals surface area contributed by atoms with Gasteiger partial charge in [-0.15, -0.1) is 0 Å². The molecule has 26 heavy (non-hydrogen) atoms. The van der Waals surface area contributed by atoms with Crippen LogP contribution in [0.2, 0.25) is 0 Å². The number of amides is 1. The molecule has 3 rings (SSSR count). The van der Waals surface area contributed by atoms with Crippen LogP contribution in [0.4, 0.5) is 0 Å². The van der Waals surface area contributed by atoms with Crippen molar-refractivity contribution in [2.45, 2.75) is 26.4 Å². The minimum Gasteiger partial charge on any atom is -0.456 e. The van der Waals surface area contributed by atoms with E-state index in [0.29, 0.717) is 11.4 Å². The highest BCUT2D eigenvalue weighted by Gasteiger charge is 2.23. The Kier molecular flexibility index (Phi) is 4.64. The number of hydrogen-bond donors (Lipinski definition) is 0. The van der Waals surface area contributed by atoms with Crippen LogP contribution >= 0.6 is 0 Å². The van der Waals surface area contributed by atoms with Crippen LogP contribution in [0.25, 0.3) is 11.1 Å². The summed E-state index contributed by atoms with van der Waals surface area (Å²) in [4.78, 5) is 30.0. The molecule has 0 saturated carbocycles. The smallest absolute Gasteiger partial charge is 0.339 e. The molecule has 0 unspecified atom stereocenters. The molecular weight excluding hydrogens is 328 g/mol. The van der Waals surface area contributed by atoms with Crippen molar-refractivity contribution in [3.8, 4) is 11.1 Å². The Balaban J connectivity index is 1.91. The lowest BCUT2D eigenvalue weighted by Crippen LogP contribution is -2.28. The van der Waals surface area contributed by atoms with Gasteiger partial charge in [0.15, 0.2) is 0 Å². The predicted molar refractivity (Wildman–Crippen MR) is 101 cm³/mol. The molecule has 1 aliphatic heterocycles. The Morgan fingerprint density at radius 1 is 1.04 bits per heavy atom. The molecule has 2 aromatic rings. The van der Waals surface area contributed by atoms with Crippen molar-refractivity contribution >= 4 is 17.7 Å². The van der Waals surface area contributed by atoms with Crippen LogP contribution in [0, 0.1) is 0 Å². The molecule has 0 fully saturated rings. The Morgan fingerprint density at radius 3 is 2.23 bits per heavy atom. The van der Waals surface area contributed by atoms with Crippen LogP contribution in [0.15, 0.2) is 53.5 Å². The van der Waals surface area contributed by atoms with Gasteiger partial charge in [0, 0.05) is 12.6 Å². The molecule has 0 saturated heterocycles. The van der Waals surface area contributed by atoms with E-state index >= 15 is 0 Å². The molecule has 0 spiro atoms. The average molecular weight is 350 g/mol. The van der Waals surface area contributed by atoms with Gasteiger partial charge in [-0.3, -0.25) is 14.7 Å². The average Bonchev–Trinajstić information content (AvgIpc) is 2.93. The van der Waals surface area contributed by atoms with E-state index in [9.17, 15) is 9.59 Å². The highest BCUT2D eigenvalue weighted by Crippen LogP contribution is 2.26. The molecule has 5 nitrogen and oxygen atoms in total. The van der Waals surface area contributed by atoms with Gasteiger partial charge < -0.3 is 4.74 Å². The van der Waals surface area contributed by atoms with Gasteiger partial charge in [-0.05, 0) is 38.0 Å². The number of esters is 1. The van der Waals surface area contributed by atoms with Crippen LogP contribution in [-0.4, -0.2) is 41.8 Å². The van der Waals surface area contributed by atoms with E-state index in [4.69, 9.17) is 4.74 Å². The van der Waals surface area contributed by atoms with Crippen molar-refractivity contribution in [2.24, 2.45) is 4.99 Å². The number of ether oxygens (including phenoxy) is 1. The summed E-state index contributed by atoms with van der Waals surface area (Å²) in [5.74, 6) is 0.309. The zero-order chi connectivity index (χ0) is 18.9. The van der Waals surface area contributed by atoms with Crippen LogP contribution in [0.5, 0.6) is 0 Å². The van der Waals surface area contributed by atoms with Crippen molar-refractivity contribution in [3.63, 3.8) is 0 Å². The van der Waals surface area contributed by atoms with Gasteiger partial charge in [0.2, 0.25) is 5.91 Å². The number of benzene rings is 2. The number of carbonyl (C=O) groups excluding carboxylic acids is 2. The van der Waals surface area contributed by atoms with Gasteiger partial charge in [-0.2, -0.15) is 0 Å². The van der Waals surface area contributed by atoms with Crippen molar-refractivity contribution < 1.29 is 14.3 Å². The van der Waals surface area contributed by atoms with Crippen LogP contribution in [-0.2, 0) is 9.53 Å². The Bertz CT molecular complexity index is 877. The molecule has 1 aliphatic rings. The fraction of sp³-hybridized carbons (Fsp3) is 0.286. The number of carbonyl (C=O) groups is 2. The molecule has 5 heteroatoms. The third-order valence-corrected chi connectivity index (χ3v) is 4.06. The van der Waals surface area contributed by atoms with E-state index in [2.05, 4.69) is 4.99 Å². The standard InChI is InChI=1S/C21H22N2O3/c1-21(2,3)26-20(25)17-8-6-5-7-16(17)14-9-11-15(12-10-14)19-22-13-18(24)23(19)4/h5-12H,13H2,1-4H3. The lowest BCUT2D eigenvalue weighted by molar-refractivity contribution is -0.123. The van der Waals surface area contributed by atoms with Crippen molar-refractivity contribution in [2.75, 3.05) is 13.6 Å². The zero-order valence-corrected chi connectivity index (χ0v) is 15.4. The molecule has 0 aromatic heterocycles. The monoisotopic (exact) mass is 350 g/mol. The summed E-state index contributed by atoms with van der Waals surface area (Å²) in [7, 11) is 1.72. The molecule has 2 aromatic carbocycles. The molecule has 0 bridgehead atoms. The Labute approximate surface area is 153 Å². The molecule has 0 radical (unpaired) electrons. The van der Waals surface area contributed by atoms with E-state index in [0.717, 1.165) is 16.7 Å². The molecule has 134 valence electrons. The molecule has 0 N–H and O–H groups in total. The lowest BCUT2D eigenvalue weighted by Gasteiger charge is -2.20. The van der Waals surface area contributed by atoms with Gasteiger partial charge in [-0.1, -0.05) is 42.5 Å². The molecular formula is C21H22N2O3. The third-order valence-electron chi connectivity index (χ3n) is 4.06. The summed E-state index contributed by atoms with van der Waals surface area (Å²) in [6.45, 7) is 5.74. The Hall–Kier alpha value is -2.95. The highest BCUT2D eigenvalue weighted by atomic mass is 16.6. The molecule has 0 atom stereocenters. The quantitative estimate of drug-likeness (QED) is 0.796. The first kappa shape index (κ1) is 17.9. The second kappa shape index (κ2) is 6.75. The van der Waals surface area contributed by atoms with Gasteiger partial charge in [-0.25, -0.2) is 4.79 Å². The summed E-state index contributed by atoms with van der Waals surface area (Å²) in [5.41, 5.74) is 2.57. The largest absolute Gasteiger partial charge is 0.456 e. The van der Waals surface area contributed by atoms with Crippen molar-refractivity contribution in [3.05, 3.63) is 59.7 Å². The predicted octanol–water partition coefficient (Wildman–Crippen LogP) is 3.53. The van der Waals surface area contributed by atoms with Crippen LogP contribution in [0.3, 0.4) is 0 Å². The van der Waals surface area contributed by atoms with E-state index < -0.39 is 5.60 Å². The summed E-state index contributed by atoms with van der Waals surface area (Å²) in [5, 5.41) is 0. The number of amidine groups is 1. The molecule has 0 aliphatic carbocycles. The zero-order valence-electron chi connectivity index (χ0n) is 15.4. The third kappa shape index (κ3) is 3.67.